The van der Waals surface area contributed by atoms with Crippen LogP contribution in [-0.2, 0) is 6.18 Å². The van der Waals surface area contributed by atoms with Gasteiger partial charge in [-0.1, -0.05) is 11.6 Å². The van der Waals surface area contributed by atoms with E-state index in [9.17, 15) is 18.0 Å². The molecule has 1 aromatic heterocycles. The van der Waals surface area contributed by atoms with Crippen LogP contribution in [0.1, 0.15) is 20.8 Å². The van der Waals surface area contributed by atoms with Crippen molar-refractivity contribution < 1.29 is 18.0 Å². The second-order valence-electron chi connectivity index (χ2n) is 4.09. The number of hydrogen-bond donors (Lipinski definition) is 1. The van der Waals surface area contributed by atoms with Gasteiger partial charge < -0.3 is 5.32 Å². The predicted molar refractivity (Wildman–Crippen MR) is 73.5 cm³/mol. The topological polar surface area (TPSA) is 29.1 Å². The number of nitrogens with one attached hydrogen (secondary N) is 1. The van der Waals surface area contributed by atoms with Crippen LogP contribution in [0.25, 0.3) is 0 Å². The lowest BCUT2D eigenvalue weighted by Gasteiger charge is -2.13. The molecule has 1 amide bonds. The first-order chi connectivity index (χ1) is 9.27. The van der Waals surface area contributed by atoms with E-state index in [0.717, 1.165) is 17.0 Å². The number of alkyl halides is 3. The molecule has 0 atom stereocenters. The van der Waals surface area contributed by atoms with Crippen molar-refractivity contribution in [1.29, 1.82) is 0 Å². The Kier molecular flexibility index (Phi) is 4.06. The lowest BCUT2D eigenvalue weighted by molar-refractivity contribution is -0.136. The number of rotatable bonds is 2. The zero-order valence-corrected chi connectivity index (χ0v) is 11.8. The minimum Gasteiger partial charge on any atom is -0.321 e. The SMILES string of the molecule is Cc1cc(C(=O)Nc2ccc(Cl)cc2C(F)(F)F)cs1. The molecule has 1 N–H and O–H groups in total. The molecule has 0 aliphatic heterocycles. The maximum Gasteiger partial charge on any atom is 0.418 e. The quantitative estimate of drug-likeness (QED) is 0.831. The summed E-state index contributed by atoms with van der Waals surface area (Å²) in [7, 11) is 0. The van der Waals surface area contributed by atoms with E-state index in [1.54, 1.807) is 11.4 Å². The Morgan fingerprint density at radius 3 is 2.55 bits per heavy atom. The molecule has 0 bridgehead atoms. The average molecular weight is 320 g/mol. The van der Waals surface area contributed by atoms with Gasteiger partial charge in [0.05, 0.1) is 16.8 Å². The Labute approximate surface area is 122 Å². The van der Waals surface area contributed by atoms with E-state index >= 15 is 0 Å². The van der Waals surface area contributed by atoms with Crippen LogP contribution in [0.15, 0.2) is 29.6 Å². The van der Waals surface area contributed by atoms with Crippen LogP contribution in [-0.4, -0.2) is 5.91 Å². The van der Waals surface area contributed by atoms with E-state index < -0.39 is 17.6 Å². The molecule has 2 aromatic rings. The van der Waals surface area contributed by atoms with Crippen molar-refractivity contribution in [1.82, 2.24) is 0 Å². The first-order valence-corrected chi connectivity index (χ1v) is 6.76. The summed E-state index contributed by atoms with van der Waals surface area (Å²) in [5.74, 6) is -0.581. The van der Waals surface area contributed by atoms with Crippen LogP contribution < -0.4 is 5.32 Å². The summed E-state index contributed by atoms with van der Waals surface area (Å²) in [6.45, 7) is 1.81. The first-order valence-electron chi connectivity index (χ1n) is 5.50. The van der Waals surface area contributed by atoms with Crippen LogP contribution in [0.3, 0.4) is 0 Å². The summed E-state index contributed by atoms with van der Waals surface area (Å²) in [6, 6.07) is 4.84. The van der Waals surface area contributed by atoms with Gasteiger partial charge in [0.2, 0.25) is 0 Å². The fourth-order valence-electron chi connectivity index (χ4n) is 1.62. The Morgan fingerprint density at radius 2 is 2.00 bits per heavy atom. The number of hydrogen-bond acceptors (Lipinski definition) is 2. The van der Waals surface area contributed by atoms with Crippen molar-refractivity contribution in [3.8, 4) is 0 Å². The molecule has 2 nitrogen and oxygen atoms in total. The maximum atomic E-state index is 12.9. The number of thiophene rings is 1. The Morgan fingerprint density at radius 1 is 1.30 bits per heavy atom. The molecule has 1 heterocycles. The molecule has 20 heavy (non-hydrogen) atoms. The van der Waals surface area contributed by atoms with Gasteiger partial charge in [0.1, 0.15) is 0 Å². The van der Waals surface area contributed by atoms with Gasteiger partial charge in [0, 0.05) is 15.3 Å². The van der Waals surface area contributed by atoms with Crippen molar-refractivity contribution in [2.75, 3.05) is 5.32 Å². The summed E-state index contributed by atoms with van der Waals surface area (Å²) < 4.78 is 38.6. The fraction of sp³-hybridized carbons (Fsp3) is 0.154. The third-order valence-corrected chi connectivity index (χ3v) is 3.62. The molecule has 0 saturated carbocycles. The van der Waals surface area contributed by atoms with E-state index in [1.165, 1.54) is 17.4 Å². The Bertz CT molecular complexity index is 651. The lowest BCUT2D eigenvalue weighted by atomic mass is 10.1. The molecule has 106 valence electrons. The average Bonchev–Trinajstić information content (AvgIpc) is 2.77. The number of halogens is 4. The largest absolute Gasteiger partial charge is 0.418 e. The highest BCUT2D eigenvalue weighted by Crippen LogP contribution is 2.36. The van der Waals surface area contributed by atoms with Crippen molar-refractivity contribution in [3.63, 3.8) is 0 Å². The van der Waals surface area contributed by atoms with Crippen LogP contribution in [0, 0.1) is 6.92 Å². The van der Waals surface area contributed by atoms with Crippen molar-refractivity contribution in [3.05, 3.63) is 50.7 Å². The molecule has 0 aliphatic carbocycles. The van der Waals surface area contributed by atoms with Crippen LogP contribution in [0.5, 0.6) is 0 Å². The molecule has 0 unspecified atom stereocenters. The molecule has 0 aliphatic rings. The van der Waals surface area contributed by atoms with E-state index in [0.29, 0.717) is 5.56 Å². The van der Waals surface area contributed by atoms with Crippen molar-refractivity contribution >= 4 is 34.5 Å². The Balaban J connectivity index is 2.32. The van der Waals surface area contributed by atoms with E-state index in [2.05, 4.69) is 5.32 Å². The highest BCUT2D eigenvalue weighted by atomic mass is 35.5. The summed E-state index contributed by atoms with van der Waals surface area (Å²) in [4.78, 5) is 12.8. The van der Waals surface area contributed by atoms with E-state index in [-0.39, 0.29) is 10.7 Å². The smallest absolute Gasteiger partial charge is 0.321 e. The van der Waals surface area contributed by atoms with Gasteiger partial charge in [-0.25, -0.2) is 0 Å². The van der Waals surface area contributed by atoms with Crippen LogP contribution in [0.2, 0.25) is 5.02 Å². The second kappa shape index (κ2) is 5.46. The van der Waals surface area contributed by atoms with E-state index in [4.69, 9.17) is 11.6 Å². The number of benzene rings is 1. The molecule has 1 aromatic carbocycles. The van der Waals surface area contributed by atoms with Gasteiger partial charge >= 0.3 is 6.18 Å². The Hall–Kier alpha value is -1.53. The third-order valence-electron chi connectivity index (χ3n) is 2.53. The van der Waals surface area contributed by atoms with Gasteiger partial charge in [-0.05, 0) is 31.2 Å². The van der Waals surface area contributed by atoms with Gasteiger partial charge in [-0.3, -0.25) is 4.79 Å². The number of aryl methyl sites for hydroxylation is 1. The number of carbonyl (C=O) groups excluding carboxylic acids is 1. The monoisotopic (exact) mass is 319 g/mol. The van der Waals surface area contributed by atoms with Gasteiger partial charge in [-0.2, -0.15) is 13.2 Å². The molecule has 2 rings (SSSR count). The summed E-state index contributed by atoms with van der Waals surface area (Å²) in [5.41, 5.74) is -0.948. The normalized spacial score (nSPS) is 11.4. The van der Waals surface area contributed by atoms with E-state index in [1.807, 2.05) is 6.92 Å². The summed E-state index contributed by atoms with van der Waals surface area (Å²) in [5, 5.41) is 3.81. The molecule has 7 heteroatoms. The van der Waals surface area contributed by atoms with Gasteiger partial charge in [0.15, 0.2) is 0 Å². The highest BCUT2D eigenvalue weighted by molar-refractivity contribution is 7.10. The molecular weight excluding hydrogens is 311 g/mol. The van der Waals surface area contributed by atoms with Gasteiger partial charge in [-0.15, -0.1) is 11.3 Å². The first kappa shape index (κ1) is 14.9. The molecule has 0 spiro atoms. The molecule has 0 radical (unpaired) electrons. The zero-order chi connectivity index (χ0) is 14.9. The third kappa shape index (κ3) is 3.32. The standard InChI is InChI=1S/C13H9ClF3NOS/c1-7-4-8(6-20-7)12(19)18-11-3-2-9(14)5-10(11)13(15,16)17/h2-6H,1H3,(H,18,19). The van der Waals surface area contributed by atoms with Crippen molar-refractivity contribution in [2.24, 2.45) is 0 Å². The highest BCUT2D eigenvalue weighted by Gasteiger charge is 2.34. The molecular formula is C13H9ClF3NOS. The number of amides is 1. The summed E-state index contributed by atoms with van der Waals surface area (Å²) in [6.07, 6.45) is -4.59. The second-order valence-corrected chi connectivity index (χ2v) is 5.64. The van der Waals surface area contributed by atoms with Crippen LogP contribution in [0.4, 0.5) is 18.9 Å². The molecule has 0 saturated heterocycles. The maximum absolute atomic E-state index is 12.9. The predicted octanol–water partition coefficient (Wildman–Crippen LogP) is 4.98. The fourth-order valence-corrected chi connectivity index (χ4v) is 2.47. The number of carbonyl (C=O) groups is 1. The summed E-state index contributed by atoms with van der Waals surface area (Å²) >= 11 is 6.92. The minimum absolute atomic E-state index is 0.0401. The molecule has 0 fully saturated rings. The van der Waals surface area contributed by atoms with Crippen molar-refractivity contribution in [2.45, 2.75) is 13.1 Å². The van der Waals surface area contributed by atoms with Gasteiger partial charge in [0.25, 0.3) is 5.91 Å². The number of anilines is 1. The zero-order valence-electron chi connectivity index (χ0n) is 10.2. The minimum atomic E-state index is -4.59. The lowest BCUT2D eigenvalue weighted by Crippen LogP contribution is -2.16. The van der Waals surface area contributed by atoms with Crippen LogP contribution >= 0.6 is 22.9 Å².